The van der Waals surface area contributed by atoms with E-state index in [0.29, 0.717) is 6.42 Å². The van der Waals surface area contributed by atoms with Gasteiger partial charge in [-0.15, -0.1) is 0 Å². The van der Waals surface area contributed by atoms with Gasteiger partial charge in [-0.3, -0.25) is 4.79 Å². The summed E-state index contributed by atoms with van der Waals surface area (Å²) in [6.45, 7) is 1.89. The standard InChI is InChI=1S/C11H21NO/c1-2-11(13)10(12)8-9-6-4-3-5-7-9/h9-10H,2-8,12H2,1H3. The lowest BCUT2D eigenvalue weighted by Crippen LogP contribution is -2.32. The highest BCUT2D eigenvalue weighted by atomic mass is 16.1. The van der Waals surface area contributed by atoms with Gasteiger partial charge in [-0.1, -0.05) is 39.0 Å². The Morgan fingerprint density at radius 2 is 2.00 bits per heavy atom. The molecule has 0 spiro atoms. The third-order valence-corrected chi connectivity index (χ3v) is 3.07. The zero-order valence-corrected chi connectivity index (χ0v) is 8.59. The van der Waals surface area contributed by atoms with Gasteiger partial charge in [0.15, 0.2) is 0 Å². The summed E-state index contributed by atoms with van der Waals surface area (Å²) >= 11 is 0. The van der Waals surface area contributed by atoms with Gasteiger partial charge in [0.1, 0.15) is 5.78 Å². The third-order valence-electron chi connectivity index (χ3n) is 3.07. The molecule has 0 saturated heterocycles. The Hall–Kier alpha value is -0.370. The fourth-order valence-electron chi connectivity index (χ4n) is 2.18. The molecule has 0 aromatic carbocycles. The minimum Gasteiger partial charge on any atom is -0.322 e. The first-order valence-corrected chi connectivity index (χ1v) is 5.52. The van der Waals surface area contributed by atoms with Crippen LogP contribution in [0.3, 0.4) is 0 Å². The lowest BCUT2D eigenvalue weighted by molar-refractivity contribution is -0.120. The largest absolute Gasteiger partial charge is 0.322 e. The molecule has 1 rings (SSSR count). The van der Waals surface area contributed by atoms with E-state index in [2.05, 4.69) is 0 Å². The topological polar surface area (TPSA) is 43.1 Å². The molecule has 1 aliphatic rings. The first-order chi connectivity index (χ1) is 6.24. The lowest BCUT2D eigenvalue weighted by Gasteiger charge is -2.23. The van der Waals surface area contributed by atoms with Crippen molar-refractivity contribution in [3.63, 3.8) is 0 Å². The highest BCUT2D eigenvalue weighted by molar-refractivity contribution is 5.83. The summed E-state index contributed by atoms with van der Waals surface area (Å²) in [6, 6.07) is -0.187. The van der Waals surface area contributed by atoms with Crippen molar-refractivity contribution in [1.29, 1.82) is 0 Å². The zero-order valence-electron chi connectivity index (χ0n) is 8.59. The summed E-state index contributed by atoms with van der Waals surface area (Å²) in [7, 11) is 0. The molecule has 0 heterocycles. The Labute approximate surface area is 80.9 Å². The normalized spacial score (nSPS) is 21.4. The van der Waals surface area contributed by atoms with Crippen LogP contribution in [0.25, 0.3) is 0 Å². The fraction of sp³-hybridized carbons (Fsp3) is 0.909. The SMILES string of the molecule is CCC(=O)C(N)CC1CCCCC1. The molecule has 0 amide bonds. The van der Waals surface area contributed by atoms with Crippen molar-refractivity contribution in [2.24, 2.45) is 11.7 Å². The van der Waals surface area contributed by atoms with Crippen LogP contribution in [0.15, 0.2) is 0 Å². The second-order valence-corrected chi connectivity index (χ2v) is 4.17. The summed E-state index contributed by atoms with van der Waals surface area (Å²) in [4.78, 5) is 11.3. The summed E-state index contributed by atoms with van der Waals surface area (Å²) < 4.78 is 0. The first kappa shape index (κ1) is 10.7. The average molecular weight is 183 g/mol. The number of hydrogen-bond donors (Lipinski definition) is 1. The van der Waals surface area contributed by atoms with E-state index in [1.807, 2.05) is 6.92 Å². The predicted octanol–water partition coefficient (Wildman–Crippen LogP) is 2.26. The van der Waals surface area contributed by atoms with Gasteiger partial charge in [-0.2, -0.15) is 0 Å². The van der Waals surface area contributed by atoms with Crippen LogP contribution in [0.1, 0.15) is 51.9 Å². The van der Waals surface area contributed by atoms with Gasteiger partial charge in [0.05, 0.1) is 6.04 Å². The molecule has 1 aliphatic carbocycles. The van der Waals surface area contributed by atoms with E-state index in [-0.39, 0.29) is 11.8 Å². The number of Topliss-reactive ketones (excluding diaryl/α,β-unsaturated/α-hetero) is 1. The van der Waals surface area contributed by atoms with Crippen LogP contribution < -0.4 is 5.73 Å². The van der Waals surface area contributed by atoms with E-state index in [9.17, 15) is 4.79 Å². The average Bonchev–Trinajstić information content (AvgIpc) is 2.18. The number of hydrogen-bond acceptors (Lipinski definition) is 2. The van der Waals surface area contributed by atoms with Crippen molar-refractivity contribution >= 4 is 5.78 Å². The van der Waals surface area contributed by atoms with Crippen molar-refractivity contribution in [3.05, 3.63) is 0 Å². The minimum atomic E-state index is -0.187. The number of carbonyl (C=O) groups excluding carboxylic acids is 1. The molecule has 13 heavy (non-hydrogen) atoms. The Morgan fingerprint density at radius 1 is 1.38 bits per heavy atom. The molecule has 1 saturated carbocycles. The molecule has 0 aromatic rings. The molecule has 0 aromatic heterocycles. The van der Waals surface area contributed by atoms with Crippen molar-refractivity contribution < 1.29 is 4.79 Å². The van der Waals surface area contributed by atoms with Gasteiger partial charge >= 0.3 is 0 Å². The molecule has 0 radical (unpaired) electrons. The summed E-state index contributed by atoms with van der Waals surface area (Å²) in [5.74, 6) is 0.949. The van der Waals surface area contributed by atoms with E-state index in [0.717, 1.165) is 12.3 Å². The second kappa shape index (κ2) is 5.38. The monoisotopic (exact) mass is 183 g/mol. The van der Waals surface area contributed by atoms with E-state index < -0.39 is 0 Å². The summed E-state index contributed by atoms with van der Waals surface area (Å²) in [6.07, 6.45) is 8.11. The Morgan fingerprint density at radius 3 is 2.54 bits per heavy atom. The molecule has 2 heteroatoms. The van der Waals surface area contributed by atoms with E-state index in [1.165, 1.54) is 32.1 Å². The van der Waals surface area contributed by atoms with Gasteiger partial charge in [-0.25, -0.2) is 0 Å². The highest BCUT2D eigenvalue weighted by Gasteiger charge is 2.19. The highest BCUT2D eigenvalue weighted by Crippen LogP contribution is 2.27. The molecule has 2 nitrogen and oxygen atoms in total. The van der Waals surface area contributed by atoms with Gasteiger partial charge < -0.3 is 5.73 Å². The molecule has 1 unspecified atom stereocenters. The van der Waals surface area contributed by atoms with Crippen molar-refractivity contribution in [2.75, 3.05) is 0 Å². The zero-order chi connectivity index (χ0) is 9.68. The lowest BCUT2D eigenvalue weighted by atomic mass is 9.84. The van der Waals surface area contributed by atoms with E-state index in [4.69, 9.17) is 5.73 Å². The molecule has 2 N–H and O–H groups in total. The Kier molecular flexibility index (Phi) is 4.43. The number of nitrogens with two attached hydrogens (primary N) is 1. The molecule has 1 atom stereocenters. The van der Waals surface area contributed by atoms with Crippen LogP contribution in [-0.2, 0) is 4.79 Å². The molecule has 1 fully saturated rings. The van der Waals surface area contributed by atoms with Gasteiger partial charge in [0, 0.05) is 6.42 Å². The van der Waals surface area contributed by atoms with Crippen LogP contribution in [-0.4, -0.2) is 11.8 Å². The summed E-state index contributed by atoms with van der Waals surface area (Å²) in [5.41, 5.74) is 5.81. The van der Waals surface area contributed by atoms with Gasteiger partial charge in [-0.05, 0) is 12.3 Å². The van der Waals surface area contributed by atoms with Gasteiger partial charge in [0.25, 0.3) is 0 Å². The Balaban J connectivity index is 2.25. The molecule has 76 valence electrons. The third kappa shape index (κ3) is 3.47. The molecule has 0 aliphatic heterocycles. The van der Waals surface area contributed by atoms with E-state index in [1.54, 1.807) is 0 Å². The maximum absolute atomic E-state index is 11.3. The quantitative estimate of drug-likeness (QED) is 0.726. The fourth-order valence-corrected chi connectivity index (χ4v) is 2.18. The van der Waals surface area contributed by atoms with Gasteiger partial charge in [0.2, 0.25) is 0 Å². The minimum absolute atomic E-state index is 0.187. The maximum atomic E-state index is 11.3. The Bertz CT molecular complexity index is 161. The number of carbonyl (C=O) groups is 1. The molecule has 0 bridgehead atoms. The molecular formula is C11H21NO. The maximum Gasteiger partial charge on any atom is 0.149 e. The van der Waals surface area contributed by atoms with Crippen LogP contribution in [0.4, 0.5) is 0 Å². The van der Waals surface area contributed by atoms with E-state index >= 15 is 0 Å². The first-order valence-electron chi connectivity index (χ1n) is 5.52. The van der Waals surface area contributed by atoms with Crippen LogP contribution in [0, 0.1) is 5.92 Å². The predicted molar refractivity (Wildman–Crippen MR) is 54.5 cm³/mol. The second-order valence-electron chi connectivity index (χ2n) is 4.17. The molecular weight excluding hydrogens is 162 g/mol. The number of ketones is 1. The van der Waals surface area contributed by atoms with Crippen molar-refractivity contribution in [1.82, 2.24) is 0 Å². The van der Waals surface area contributed by atoms with Crippen molar-refractivity contribution in [3.8, 4) is 0 Å². The summed E-state index contributed by atoms with van der Waals surface area (Å²) in [5, 5.41) is 0. The van der Waals surface area contributed by atoms with Crippen LogP contribution >= 0.6 is 0 Å². The van der Waals surface area contributed by atoms with Crippen molar-refractivity contribution in [2.45, 2.75) is 57.9 Å². The smallest absolute Gasteiger partial charge is 0.149 e. The van der Waals surface area contributed by atoms with Crippen LogP contribution in [0.2, 0.25) is 0 Å². The number of rotatable bonds is 4. The van der Waals surface area contributed by atoms with Crippen LogP contribution in [0.5, 0.6) is 0 Å².